The molecule has 0 saturated carbocycles. The van der Waals surface area contributed by atoms with Crippen molar-refractivity contribution in [1.29, 1.82) is 0 Å². The third kappa shape index (κ3) is 2.04. The van der Waals surface area contributed by atoms with E-state index in [1.54, 1.807) is 0 Å². The van der Waals surface area contributed by atoms with E-state index < -0.39 is 0 Å². The third-order valence-electron chi connectivity index (χ3n) is 2.59. The van der Waals surface area contributed by atoms with Crippen LogP contribution in [0.4, 0.5) is 5.82 Å². The standard InChI is InChI=1S/C11H17N3/c1-9-3-4-13-11(7-9)14-6-5-12-10(2)8-14/h3-4,7,10,12H,5-6,8H2,1-2H3. The minimum atomic E-state index is 0.561. The van der Waals surface area contributed by atoms with Crippen molar-refractivity contribution < 1.29 is 0 Å². The molecule has 1 aliphatic rings. The second kappa shape index (κ2) is 3.96. The number of nitrogens with zero attached hydrogens (tertiary/aromatic N) is 2. The third-order valence-corrected chi connectivity index (χ3v) is 2.59. The van der Waals surface area contributed by atoms with E-state index in [4.69, 9.17) is 0 Å². The summed E-state index contributed by atoms with van der Waals surface area (Å²) in [5.41, 5.74) is 1.28. The molecule has 1 N–H and O–H groups in total. The molecule has 1 aromatic heterocycles. The Morgan fingerprint density at radius 2 is 2.43 bits per heavy atom. The number of anilines is 1. The fourth-order valence-electron chi connectivity index (χ4n) is 1.83. The summed E-state index contributed by atoms with van der Waals surface area (Å²) >= 11 is 0. The molecule has 0 bridgehead atoms. The predicted octanol–water partition coefficient (Wildman–Crippen LogP) is 1.19. The molecule has 0 aliphatic carbocycles. The fraction of sp³-hybridized carbons (Fsp3) is 0.545. The van der Waals surface area contributed by atoms with Crippen molar-refractivity contribution in [3.63, 3.8) is 0 Å². The second-order valence-electron chi connectivity index (χ2n) is 3.99. The number of rotatable bonds is 1. The highest BCUT2D eigenvalue weighted by atomic mass is 15.2. The topological polar surface area (TPSA) is 28.2 Å². The van der Waals surface area contributed by atoms with E-state index in [2.05, 4.69) is 35.1 Å². The van der Waals surface area contributed by atoms with Gasteiger partial charge in [0.25, 0.3) is 0 Å². The first-order valence-electron chi connectivity index (χ1n) is 5.17. The molecule has 14 heavy (non-hydrogen) atoms. The van der Waals surface area contributed by atoms with Crippen LogP contribution < -0.4 is 10.2 Å². The molecule has 0 radical (unpaired) electrons. The van der Waals surface area contributed by atoms with Gasteiger partial charge < -0.3 is 10.2 Å². The maximum absolute atomic E-state index is 4.40. The number of aromatic nitrogens is 1. The van der Waals surface area contributed by atoms with Gasteiger partial charge in [-0.2, -0.15) is 0 Å². The van der Waals surface area contributed by atoms with Crippen molar-refractivity contribution in [1.82, 2.24) is 10.3 Å². The summed E-state index contributed by atoms with van der Waals surface area (Å²) < 4.78 is 0. The van der Waals surface area contributed by atoms with E-state index in [0.29, 0.717) is 6.04 Å². The Bertz CT molecular complexity index is 311. The van der Waals surface area contributed by atoms with E-state index in [1.165, 1.54) is 5.56 Å². The maximum atomic E-state index is 4.40. The first kappa shape index (κ1) is 9.46. The predicted molar refractivity (Wildman–Crippen MR) is 58.7 cm³/mol. The summed E-state index contributed by atoms with van der Waals surface area (Å²) in [4.78, 5) is 6.74. The zero-order chi connectivity index (χ0) is 9.97. The van der Waals surface area contributed by atoms with E-state index >= 15 is 0 Å². The van der Waals surface area contributed by atoms with Gasteiger partial charge in [-0.3, -0.25) is 0 Å². The Morgan fingerprint density at radius 3 is 3.14 bits per heavy atom. The molecule has 3 heteroatoms. The molecule has 2 heterocycles. The Hall–Kier alpha value is -1.09. The minimum absolute atomic E-state index is 0.561. The summed E-state index contributed by atoms with van der Waals surface area (Å²) in [6, 6.07) is 4.75. The molecule has 0 spiro atoms. The molecule has 0 aromatic carbocycles. The summed E-state index contributed by atoms with van der Waals surface area (Å²) in [5, 5.41) is 3.43. The van der Waals surface area contributed by atoms with Gasteiger partial charge in [-0.25, -0.2) is 4.98 Å². The van der Waals surface area contributed by atoms with Crippen molar-refractivity contribution in [3.05, 3.63) is 23.9 Å². The van der Waals surface area contributed by atoms with Gasteiger partial charge in [0.1, 0.15) is 5.82 Å². The van der Waals surface area contributed by atoms with Crippen LogP contribution in [0.15, 0.2) is 18.3 Å². The summed E-state index contributed by atoms with van der Waals surface area (Å²) in [7, 11) is 0. The van der Waals surface area contributed by atoms with Crippen LogP contribution in [0.25, 0.3) is 0 Å². The number of hydrogen-bond acceptors (Lipinski definition) is 3. The van der Waals surface area contributed by atoms with Gasteiger partial charge in [0.05, 0.1) is 0 Å². The zero-order valence-electron chi connectivity index (χ0n) is 8.83. The average molecular weight is 191 g/mol. The molecular formula is C11H17N3. The van der Waals surface area contributed by atoms with Crippen LogP contribution in [0.3, 0.4) is 0 Å². The van der Waals surface area contributed by atoms with E-state index in [0.717, 1.165) is 25.5 Å². The first-order chi connectivity index (χ1) is 6.75. The molecule has 1 atom stereocenters. The van der Waals surface area contributed by atoms with Gasteiger partial charge in [-0.05, 0) is 31.5 Å². The lowest BCUT2D eigenvalue weighted by atomic mass is 10.2. The summed E-state index contributed by atoms with van der Waals surface area (Å²) in [5.74, 6) is 1.11. The van der Waals surface area contributed by atoms with Crippen LogP contribution in [0.1, 0.15) is 12.5 Å². The smallest absolute Gasteiger partial charge is 0.128 e. The Kier molecular flexibility index (Phi) is 2.68. The van der Waals surface area contributed by atoms with Crippen molar-refractivity contribution in [2.75, 3.05) is 24.5 Å². The molecule has 0 amide bonds. The molecular weight excluding hydrogens is 174 g/mol. The summed E-state index contributed by atoms with van der Waals surface area (Å²) in [6.07, 6.45) is 1.89. The van der Waals surface area contributed by atoms with Gasteiger partial charge in [-0.1, -0.05) is 0 Å². The molecule has 1 aromatic rings. The van der Waals surface area contributed by atoms with Crippen LogP contribution in [0.2, 0.25) is 0 Å². The van der Waals surface area contributed by atoms with E-state index in [1.807, 2.05) is 12.3 Å². The van der Waals surface area contributed by atoms with Crippen molar-refractivity contribution >= 4 is 5.82 Å². The van der Waals surface area contributed by atoms with E-state index in [9.17, 15) is 0 Å². The molecule has 76 valence electrons. The first-order valence-corrected chi connectivity index (χ1v) is 5.17. The van der Waals surface area contributed by atoms with Crippen LogP contribution in [-0.4, -0.2) is 30.7 Å². The van der Waals surface area contributed by atoms with Crippen molar-refractivity contribution in [2.45, 2.75) is 19.9 Å². The molecule has 1 unspecified atom stereocenters. The van der Waals surface area contributed by atoms with Crippen molar-refractivity contribution in [3.8, 4) is 0 Å². The zero-order valence-corrected chi connectivity index (χ0v) is 8.83. The molecule has 1 aliphatic heterocycles. The van der Waals surface area contributed by atoms with Gasteiger partial charge >= 0.3 is 0 Å². The largest absolute Gasteiger partial charge is 0.354 e. The summed E-state index contributed by atoms with van der Waals surface area (Å²) in [6.45, 7) is 7.48. The van der Waals surface area contributed by atoms with Crippen molar-refractivity contribution in [2.24, 2.45) is 0 Å². The Morgan fingerprint density at radius 1 is 1.57 bits per heavy atom. The number of piperazine rings is 1. The average Bonchev–Trinajstić information content (AvgIpc) is 2.18. The van der Waals surface area contributed by atoms with Crippen LogP contribution in [0, 0.1) is 6.92 Å². The maximum Gasteiger partial charge on any atom is 0.128 e. The lowest BCUT2D eigenvalue weighted by Gasteiger charge is -2.32. The van der Waals surface area contributed by atoms with Gasteiger partial charge in [0.15, 0.2) is 0 Å². The quantitative estimate of drug-likeness (QED) is 0.722. The SMILES string of the molecule is Cc1ccnc(N2CCNC(C)C2)c1. The van der Waals surface area contributed by atoms with Gasteiger partial charge in [0, 0.05) is 31.9 Å². The van der Waals surface area contributed by atoms with E-state index in [-0.39, 0.29) is 0 Å². The lowest BCUT2D eigenvalue weighted by Crippen LogP contribution is -2.49. The second-order valence-corrected chi connectivity index (χ2v) is 3.99. The lowest BCUT2D eigenvalue weighted by molar-refractivity contribution is 0.482. The monoisotopic (exact) mass is 191 g/mol. The molecule has 1 fully saturated rings. The normalized spacial score (nSPS) is 22.4. The van der Waals surface area contributed by atoms with Gasteiger partial charge in [-0.15, -0.1) is 0 Å². The van der Waals surface area contributed by atoms with Crippen LogP contribution in [0.5, 0.6) is 0 Å². The molecule has 3 nitrogen and oxygen atoms in total. The highest BCUT2D eigenvalue weighted by molar-refractivity contribution is 5.41. The van der Waals surface area contributed by atoms with Crippen LogP contribution >= 0.6 is 0 Å². The highest BCUT2D eigenvalue weighted by Gasteiger charge is 2.16. The molecule has 2 rings (SSSR count). The number of pyridine rings is 1. The highest BCUT2D eigenvalue weighted by Crippen LogP contribution is 2.13. The minimum Gasteiger partial charge on any atom is -0.354 e. The Labute approximate surface area is 85.1 Å². The number of nitrogens with one attached hydrogen (secondary N) is 1. The van der Waals surface area contributed by atoms with Gasteiger partial charge in [0.2, 0.25) is 0 Å². The van der Waals surface area contributed by atoms with Crippen LogP contribution in [-0.2, 0) is 0 Å². The fourth-order valence-corrected chi connectivity index (χ4v) is 1.83. The number of aryl methyl sites for hydroxylation is 1. The molecule has 1 saturated heterocycles. The Balaban J connectivity index is 2.14. The number of hydrogen-bond donors (Lipinski definition) is 1.